The molecule has 0 fully saturated rings. The summed E-state index contributed by atoms with van der Waals surface area (Å²) in [5.41, 5.74) is 1.71. The second kappa shape index (κ2) is 6.79. The van der Waals surface area contributed by atoms with Crippen LogP contribution in [0.1, 0.15) is 34.5 Å². The molecule has 0 radical (unpaired) electrons. The zero-order valence-corrected chi connectivity index (χ0v) is 13.9. The Bertz CT molecular complexity index is 744. The van der Waals surface area contributed by atoms with Crippen LogP contribution < -0.4 is 0 Å². The van der Waals surface area contributed by atoms with Gasteiger partial charge in [0.05, 0.1) is 11.0 Å². The molecule has 0 aliphatic carbocycles. The van der Waals surface area contributed by atoms with E-state index in [-0.39, 0.29) is 17.6 Å². The van der Waals surface area contributed by atoms with E-state index in [1.165, 1.54) is 6.07 Å². The van der Waals surface area contributed by atoms with E-state index < -0.39 is 4.92 Å². The Morgan fingerprint density at radius 1 is 1.22 bits per heavy atom. The van der Waals surface area contributed by atoms with Crippen LogP contribution in [-0.2, 0) is 0 Å². The highest BCUT2D eigenvalue weighted by Gasteiger charge is 2.21. The summed E-state index contributed by atoms with van der Waals surface area (Å²) in [6.07, 6.45) is 0. The molecule has 0 bridgehead atoms. The van der Waals surface area contributed by atoms with Gasteiger partial charge in [-0.25, -0.2) is 0 Å². The van der Waals surface area contributed by atoms with E-state index in [1.807, 2.05) is 19.1 Å². The zero-order valence-electron chi connectivity index (χ0n) is 13.1. The molecule has 5 nitrogen and oxygen atoms in total. The van der Waals surface area contributed by atoms with E-state index in [9.17, 15) is 14.9 Å². The van der Waals surface area contributed by atoms with Crippen LogP contribution in [0.5, 0.6) is 0 Å². The molecule has 0 heterocycles. The Hall–Kier alpha value is -2.40. The Morgan fingerprint density at radius 2 is 1.83 bits per heavy atom. The van der Waals surface area contributed by atoms with Crippen molar-refractivity contribution in [3.63, 3.8) is 0 Å². The molecule has 1 amide bonds. The van der Waals surface area contributed by atoms with Gasteiger partial charge in [-0.1, -0.05) is 29.8 Å². The largest absolute Gasteiger partial charge is 0.335 e. The molecule has 0 saturated heterocycles. The second-order valence-electron chi connectivity index (χ2n) is 5.40. The van der Waals surface area contributed by atoms with Crippen molar-refractivity contribution in [2.75, 3.05) is 7.05 Å². The van der Waals surface area contributed by atoms with Crippen molar-refractivity contribution >= 4 is 23.2 Å². The summed E-state index contributed by atoms with van der Waals surface area (Å²) in [6.45, 7) is 3.54. The van der Waals surface area contributed by atoms with Crippen LogP contribution in [0.2, 0.25) is 5.02 Å². The summed E-state index contributed by atoms with van der Waals surface area (Å²) < 4.78 is 0. The highest BCUT2D eigenvalue weighted by Crippen LogP contribution is 2.25. The van der Waals surface area contributed by atoms with Crippen LogP contribution in [0.15, 0.2) is 42.5 Å². The van der Waals surface area contributed by atoms with Gasteiger partial charge in [-0.3, -0.25) is 14.9 Å². The van der Waals surface area contributed by atoms with Gasteiger partial charge >= 0.3 is 0 Å². The lowest BCUT2D eigenvalue weighted by molar-refractivity contribution is -0.385. The first-order chi connectivity index (χ1) is 10.8. The third-order valence-corrected chi connectivity index (χ3v) is 4.16. The third-order valence-electron chi connectivity index (χ3n) is 3.91. The molecule has 2 aromatic carbocycles. The molecular formula is C17H17ClN2O3. The minimum absolute atomic E-state index is 0.0524. The fraction of sp³-hybridized carbons (Fsp3) is 0.235. The Morgan fingerprint density at radius 3 is 2.39 bits per heavy atom. The third kappa shape index (κ3) is 3.68. The maximum atomic E-state index is 12.6. The van der Waals surface area contributed by atoms with Crippen molar-refractivity contribution in [3.8, 4) is 0 Å². The molecular weight excluding hydrogens is 316 g/mol. The highest BCUT2D eigenvalue weighted by atomic mass is 35.5. The quantitative estimate of drug-likeness (QED) is 0.616. The van der Waals surface area contributed by atoms with Crippen LogP contribution in [0.25, 0.3) is 0 Å². The summed E-state index contributed by atoms with van der Waals surface area (Å²) in [6, 6.07) is 11.6. The van der Waals surface area contributed by atoms with E-state index in [0.29, 0.717) is 16.1 Å². The topological polar surface area (TPSA) is 63.5 Å². The number of rotatable bonds is 4. The predicted octanol–water partition coefficient (Wildman–Crippen LogP) is 4.39. The van der Waals surface area contributed by atoms with Crippen LogP contribution in [-0.4, -0.2) is 22.8 Å². The first kappa shape index (κ1) is 17.0. The minimum atomic E-state index is -0.477. The molecule has 0 aliphatic heterocycles. The first-order valence-electron chi connectivity index (χ1n) is 7.09. The van der Waals surface area contributed by atoms with E-state index in [0.717, 1.165) is 5.56 Å². The van der Waals surface area contributed by atoms with E-state index in [2.05, 4.69) is 0 Å². The summed E-state index contributed by atoms with van der Waals surface area (Å²) >= 11 is 5.87. The van der Waals surface area contributed by atoms with Gasteiger partial charge in [-0.2, -0.15) is 0 Å². The average molecular weight is 333 g/mol. The van der Waals surface area contributed by atoms with Crippen LogP contribution in [0, 0.1) is 17.0 Å². The minimum Gasteiger partial charge on any atom is -0.335 e. The maximum absolute atomic E-state index is 12.6. The number of amides is 1. The normalized spacial score (nSPS) is 11.8. The Kier molecular flexibility index (Phi) is 5.01. The number of benzene rings is 2. The van der Waals surface area contributed by atoms with Crippen molar-refractivity contribution in [3.05, 3.63) is 74.3 Å². The lowest BCUT2D eigenvalue weighted by Crippen LogP contribution is -2.29. The van der Waals surface area contributed by atoms with E-state index in [4.69, 9.17) is 11.6 Å². The number of aryl methyl sites for hydroxylation is 1. The molecule has 0 aromatic heterocycles. The van der Waals surface area contributed by atoms with Crippen molar-refractivity contribution in [2.24, 2.45) is 0 Å². The lowest BCUT2D eigenvalue weighted by Gasteiger charge is -2.25. The molecule has 1 unspecified atom stereocenters. The monoisotopic (exact) mass is 332 g/mol. The zero-order chi connectivity index (χ0) is 17.1. The van der Waals surface area contributed by atoms with Crippen molar-refractivity contribution in [1.29, 1.82) is 0 Å². The molecule has 1 atom stereocenters. The van der Waals surface area contributed by atoms with Crippen molar-refractivity contribution in [2.45, 2.75) is 19.9 Å². The lowest BCUT2D eigenvalue weighted by atomic mass is 10.1. The van der Waals surface area contributed by atoms with Crippen molar-refractivity contribution in [1.82, 2.24) is 4.90 Å². The molecule has 2 aromatic rings. The first-order valence-corrected chi connectivity index (χ1v) is 7.46. The number of hydrogen-bond donors (Lipinski definition) is 0. The van der Waals surface area contributed by atoms with E-state index >= 15 is 0 Å². The number of halogens is 1. The average Bonchev–Trinajstić information content (AvgIpc) is 2.53. The van der Waals surface area contributed by atoms with Gasteiger partial charge in [0.2, 0.25) is 0 Å². The van der Waals surface area contributed by atoms with Gasteiger partial charge in [-0.15, -0.1) is 0 Å². The summed E-state index contributed by atoms with van der Waals surface area (Å²) in [7, 11) is 1.67. The molecule has 0 N–H and O–H groups in total. The van der Waals surface area contributed by atoms with Gasteiger partial charge < -0.3 is 4.90 Å². The van der Waals surface area contributed by atoms with Gasteiger partial charge in [-0.05, 0) is 37.6 Å². The number of carbonyl (C=O) groups excluding carboxylic acids is 1. The molecule has 6 heteroatoms. The highest BCUT2D eigenvalue weighted by molar-refractivity contribution is 6.30. The molecule has 0 saturated carbocycles. The van der Waals surface area contributed by atoms with Crippen molar-refractivity contribution < 1.29 is 9.72 Å². The predicted molar refractivity (Wildman–Crippen MR) is 89.8 cm³/mol. The molecule has 0 spiro atoms. The standard InChI is InChI=1S/C17H17ClN2O3/c1-11-4-5-14(10-16(11)20(22)23)17(21)19(3)12(2)13-6-8-15(18)9-7-13/h4-10,12H,1-3H3. The van der Waals surface area contributed by atoms with E-state index in [1.54, 1.807) is 43.1 Å². The number of nitro benzene ring substituents is 1. The van der Waals surface area contributed by atoms with Crippen LogP contribution in [0.3, 0.4) is 0 Å². The summed E-state index contributed by atoms with van der Waals surface area (Å²) in [5.74, 6) is -0.268. The number of nitro groups is 1. The van der Waals surface area contributed by atoms with Gasteiger partial charge in [0.15, 0.2) is 0 Å². The fourth-order valence-electron chi connectivity index (χ4n) is 2.28. The van der Waals surface area contributed by atoms with Crippen LogP contribution >= 0.6 is 11.6 Å². The number of hydrogen-bond acceptors (Lipinski definition) is 3. The molecule has 0 aliphatic rings. The molecule has 2 rings (SSSR count). The van der Waals surface area contributed by atoms with Gasteiger partial charge in [0, 0.05) is 29.3 Å². The van der Waals surface area contributed by atoms with Gasteiger partial charge in [0.25, 0.3) is 11.6 Å². The number of carbonyl (C=O) groups is 1. The van der Waals surface area contributed by atoms with Gasteiger partial charge in [0.1, 0.15) is 0 Å². The SMILES string of the molecule is Cc1ccc(C(=O)N(C)C(C)c2ccc(Cl)cc2)cc1[N+](=O)[O-]. The fourth-order valence-corrected chi connectivity index (χ4v) is 2.41. The number of nitrogens with zero attached hydrogens (tertiary/aromatic N) is 2. The molecule has 120 valence electrons. The summed E-state index contributed by atoms with van der Waals surface area (Å²) in [5, 5.41) is 11.7. The Balaban J connectivity index is 2.27. The van der Waals surface area contributed by atoms with Crippen LogP contribution in [0.4, 0.5) is 5.69 Å². The summed E-state index contributed by atoms with van der Waals surface area (Å²) in [4.78, 5) is 24.7. The smallest absolute Gasteiger partial charge is 0.273 e. The maximum Gasteiger partial charge on any atom is 0.273 e. The molecule has 23 heavy (non-hydrogen) atoms. The Labute approximate surface area is 139 Å². The second-order valence-corrected chi connectivity index (χ2v) is 5.84.